The molecule has 2 aromatic carbocycles. The molecule has 136 valence electrons. The van der Waals surface area contributed by atoms with E-state index in [2.05, 4.69) is 87.9 Å². The zero-order valence-corrected chi connectivity index (χ0v) is 18.6. The molecule has 0 atom stereocenters. The predicted molar refractivity (Wildman–Crippen MR) is 123 cm³/mol. The Bertz CT molecular complexity index is 961. The van der Waals surface area contributed by atoms with Crippen LogP contribution in [0.25, 0.3) is 21.5 Å². The third-order valence-electron chi connectivity index (χ3n) is 5.38. The van der Waals surface area contributed by atoms with Gasteiger partial charge < -0.3 is 4.12 Å². The van der Waals surface area contributed by atoms with Crippen LogP contribution >= 0.6 is 0 Å². The van der Waals surface area contributed by atoms with Gasteiger partial charge in [0, 0.05) is 0 Å². The van der Waals surface area contributed by atoms with Gasteiger partial charge in [-0.05, 0) is 70.0 Å². The Morgan fingerprint density at radius 1 is 0.667 bits per heavy atom. The average molecular weight is 387 g/mol. The summed E-state index contributed by atoms with van der Waals surface area (Å²) in [6, 6.07) is 17.3. The zero-order chi connectivity index (χ0) is 19.4. The third-order valence-corrected chi connectivity index (χ3v) is 12.5. The lowest BCUT2D eigenvalue weighted by Crippen LogP contribution is -2.50. The van der Waals surface area contributed by atoms with Gasteiger partial charge in [0.1, 0.15) is 0 Å². The van der Waals surface area contributed by atoms with Crippen molar-refractivity contribution in [3.8, 4) is 0 Å². The standard InChI is InChI=1S/C24H26OSi2/c1-7-17-19-13-9-11-15-21(19)23(17)27(6,25-26(3,4)5)24-18(8-2)20-14-10-12-16-22(20)24/h7-16H,1-2H2,3-6H3. The van der Waals surface area contributed by atoms with Crippen LogP contribution in [-0.2, 0) is 4.12 Å². The van der Waals surface area contributed by atoms with Crippen molar-refractivity contribution in [1.29, 1.82) is 0 Å². The monoisotopic (exact) mass is 386 g/mol. The number of rotatable bonds is 6. The van der Waals surface area contributed by atoms with Gasteiger partial charge in [0.05, 0.1) is 0 Å². The molecule has 0 amide bonds. The van der Waals surface area contributed by atoms with Gasteiger partial charge in [0.2, 0.25) is 8.32 Å². The molecule has 0 bridgehead atoms. The number of hydrogen-bond donors (Lipinski definition) is 0. The van der Waals surface area contributed by atoms with Gasteiger partial charge in [0.15, 0.2) is 8.32 Å². The molecule has 0 spiro atoms. The molecule has 0 N–H and O–H groups in total. The molecule has 0 radical (unpaired) electrons. The minimum atomic E-state index is -2.41. The molecule has 2 aromatic rings. The molecule has 2 aliphatic carbocycles. The quantitative estimate of drug-likeness (QED) is 0.501. The van der Waals surface area contributed by atoms with Crippen LogP contribution < -0.4 is 0 Å². The number of hydrogen-bond acceptors (Lipinski definition) is 1. The molecule has 0 saturated carbocycles. The van der Waals surface area contributed by atoms with E-state index in [4.69, 9.17) is 4.12 Å². The van der Waals surface area contributed by atoms with E-state index >= 15 is 0 Å². The molecule has 4 rings (SSSR count). The molecule has 0 aromatic heterocycles. The normalized spacial score (nSPS) is 15.6. The summed E-state index contributed by atoms with van der Waals surface area (Å²) in [4.78, 5) is 0. The number of fused-ring (bicyclic) bond motifs is 2. The summed E-state index contributed by atoms with van der Waals surface area (Å²) in [6.45, 7) is 17.5. The van der Waals surface area contributed by atoms with Crippen LogP contribution in [-0.4, -0.2) is 16.6 Å². The number of benzene rings is 2. The first-order valence-corrected chi connectivity index (χ1v) is 15.3. The highest BCUT2D eigenvalue weighted by Gasteiger charge is 2.51. The van der Waals surface area contributed by atoms with E-state index in [0.717, 1.165) is 0 Å². The predicted octanol–water partition coefficient (Wildman–Crippen LogP) is 6.71. The lowest BCUT2D eigenvalue weighted by molar-refractivity contribution is 0.574. The van der Waals surface area contributed by atoms with Crippen LogP contribution in [0.4, 0.5) is 0 Å². The van der Waals surface area contributed by atoms with Crippen molar-refractivity contribution in [2.75, 3.05) is 0 Å². The SMILES string of the molecule is C=CC1=C([Si](C)(O[Si](C)(C)C)C2=C(C=C)c3ccccc32)c2ccccc21. The maximum atomic E-state index is 7.08. The molecular weight excluding hydrogens is 360 g/mol. The molecule has 0 fully saturated rings. The maximum Gasteiger partial charge on any atom is 0.244 e. The van der Waals surface area contributed by atoms with Crippen LogP contribution in [0.5, 0.6) is 0 Å². The minimum Gasteiger partial charge on any atom is -0.449 e. The van der Waals surface area contributed by atoms with Crippen LogP contribution in [0.1, 0.15) is 22.3 Å². The summed E-state index contributed by atoms with van der Waals surface area (Å²) < 4.78 is 7.08. The minimum absolute atomic E-state index is 1.26. The van der Waals surface area contributed by atoms with E-state index in [9.17, 15) is 0 Å². The van der Waals surface area contributed by atoms with Crippen molar-refractivity contribution in [3.05, 3.63) is 96.1 Å². The molecule has 0 unspecified atom stereocenters. The second-order valence-corrected chi connectivity index (χ2v) is 16.4. The van der Waals surface area contributed by atoms with E-state index in [1.54, 1.807) is 0 Å². The molecule has 27 heavy (non-hydrogen) atoms. The Balaban J connectivity index is 1.97. The van der Waals surface area contributed by atoms with E-state index in [1.165, 1.54) is 43.8 Å². The molecular formula is C24H26OSi2. The molecule has 0 saturated heterocycles. The second kappa shape index (κ2) is 6.16. The van der Waals surface area contributed by atoms with Crippen molar-refractivity contribution in [2.45, 2.75) is 26.2 Å². The highest BCUT2D eigenvalue weighted by molar-refractivity contribution is 7.11. The van der Waals surface area contributed by atoms with Crippen LogP contribution in [0.15, 0.2) is 73.8 Å². The highest BCUT2D eigenvalue weighted by atomic mass is 28.4. The Morgan fingerprint density at radius 3 is 1.37 bits per heavy atom. The third kappa shape index (κ3) is 2.61. The Labute approximate surface area is 164 Å². The van der Waals surface area contributed by atoms with Crippen LogP contribution in [0, 0.1) is 0 Å². The molecule has 0 heterocycles. The van der Waals surface area contributed by atoms with E-state index in [-0.39, 0.29) is 0 Å². The summed E-state index contributed by atoms with van der Waals surface area (Å²) in [5.74, 6) is 0. The maximum absolute atomic E-state index is 7.08. The highest BCUT2D eigenvalue weighted by Crippen LogP contribution is 2.56. The molecule has 2 aliphatic rings. The van der Waals surface area contributed by atoms with Gasteiger partial charge in [-0.25, -0.2) is 0 Å². The fourth-order valence-electron chi connectivity index (χ4n) is 4.60. The smallest absolute Gasteiger partial charge is 0.244 e. The Hall–Kier alpha value is -2.21. The first kappa shape index (κ1) is 18.2. The topological polar surface area (TPSA) is 9.23 Å². The Kier molecular flexibility index (Phi) is 4.15. The fraction of sp³-hybridized carbons (Fsp3) is 0.167. The van der Waals surface area contributed by atoms with Gasteiger partial charge in [-0.1, -0.05) is 73.8 Å². The lowest BCUT2D eigenvalue weighted by atomic mass is 9.87. The van der Waals surface area contributed by atoms with Crippen LogP contribution in [0.3, 0.4) is 0 Å². The van der Waals surface area contributed by atoms with E-state index in [0.29, 0.717) is 0 Å². The summed E-state index contributed by atoms with van der Waals surface area (Å²) in [7, 11) is -4.20. The second-order valence-electron chi connectivity index (χ2n) is 8.32. The summed E-state index contributed by atoms with van der Waals surface area (Å²) in [5.41, 5.74) is 7.79. The van der Waals surface area contributed by atoms with Gasteiger partial charge in [-0.15, -0.1) is 0 Å². The van der Waals surface area contributed by atoms with E-state index < -0.39 is 16.6 Å². The molecule has 1 nitrogen and oxygen atoms in total. The van der Waals surface area contributed by atoms with Gasteiger partial charge in [0.25, 0.3) is 0 Å². The van der Waals surface area contributed by atoms with Crippen molar-refractivity contribution in [3.63, 3.8) is 0 Å². The Morgan fingerprint density at radius 2 is 1.04 bits per heavy atom. The van der Waals surface area contributed by atoms with E-state index in [1.807, 2.05) is 12.2 Å². The molecule has 3 heteroatoms. The zero-order valence-electron chi connectivity index (χ0n) is 16.6. The number of allylic oxidation sites excluding steroid dienone is 4. The average Bonchev–Trinajstić information content (AvgIpc) is 2.56. The van der Waals surface area contributed by atoms with Gasteiger partial charge >= 0.3 is 0 Å². The fourth-order valence-corrected chi connectivity index (χ4v) is 13.5. The van der Waals surface area contributed by atoms with Gasteiger partial charge in [-0.3, -0.25) is 0 Å². The van der Waals surface area contributed by atoms with Crippen LogP contribution in [0.2, 0.25) is 26.2 Å². The first-order valence-electron chi connectivity index (χ1n) is 9.46. The summed E-state index contributed by atoms with van der Waals surface area (Å²) in [5, 5.41) is 2.78. The van der Waals surface area contributed by atoms with Crippen molar-refractivity contribution >= 4 is 38.2 Å². The summed E-state index contributed by atoms with van der Waals surface area (Å²) in [6.07, 6.45) is 4.02. The largest absolute Gasteiger partial charge is 0.449 e. The first-order chi connectivity index (χ1) is 12.8. The lowest BCUT2D eigenvalue weighted by Gasteiger charge is -2.46. The van der Waals surface area contributed by atoms with Crippen molar-refractivity contribution < 1.29 is 4.12 Å². The van der Waals surface area contributed by atoms with Crippen molar-refractivity contribution in [1.82, 2.24) is 0 Å². The molecule has 0 aliphatic heterocycles. The summed E-state index contributed by atoms with van der Waals surface area (Å²) >= 11 is 0. The van der Waals surface area contributed by atoms with Gasteiger partial charge in [-0.2, -0.15) is 0 Å². The van der Waals surface area contributed by atoms with Crippen molar-refractivity contribution in [2.24, 2.45) is 0 Å².